The van der Waals surface area contributed by atoms with Crippen molar-refractivity contribution in [3.05, 3.63) is 36.4 Å². The fourth-order valence-corrected chi connectivity index (χ4v) is 2.37. The number of nitrogens with zero attached hydrogens (tertiary/aromatic N) is 4. The van der Waals surface area contributed by atoms with E-state index in [1.54, 1.807) is 24.3 Å². The van der Waals surface area contributed by atoms with Gasteiger partial charge in [-0.3, -0.25) is 10.6 Å². The highest BCUT2D eigenvalue weighted by atomic mass is 16.6. The molecule has 0 atom stereocenters. The minimum Gasteiger partial charge on any atom is -0.453 e. The molecular formula is C20H28N6O6. The highest BCUT2D eigenvalue weighted by Gasteiger charge is 2.15. The lowest BCUT2D eigenvalue weighted by molar-refractivity contribution is 0.157. The van der Waals surface area contributed by atoms with Crippen LogP contribution in [-0.2, 0) is 9.47 Å². The Bertz CT molecular complexity index is 1000. The minimum absolute atomic E-state index is 0. The van der Waals surface area contributed by atoms with Gasteiger partial charge in [-0.25, -0.2) is 19.4 Å². The average molecular weight is 448 g/mol. The van der Waals surface area contributed by atoms with Crippen LogP contribution in [0, 0.1) is 0 Å². The van der Waals surface area contributed by atoms with Crippen LogP contribution in [0.5, 0.6) is 5.75 Å². The minimum atomic E-state index is -0.794. The Morgan fingerprint density at radius 3 is 2.22 bits per heavy atom. The van der Waals surface area contributed by atoms with E-state index in [4.69, 9.17) is 4.74 Å². The van der Waals surface area contributed by atoms with Crippen molar-refractivity contribution in [3.63, 3.8) is 0 Å². The molecule has 0 saturated carbocycles. The lowest BCUT2D eigenvalue weighted by atomic mass is 10.3. The number of amides is 3. The molecule has 0 radical (unpaired) electrons. The second-order valence-electron chi connectivity index (χ2n) is 6.01. The van der Waals surface area contributed by atoms with Gasteiger partial charge >= 0.3 is 18.3 Å². The summed E-state index contributed by atoms with van der Waals surface area (Å²) in [5.74, 6) is 0.301. The third-order valence-electron chi connectivity index (χ3n) is 4.04. The molecule has 1 aromatic heterocycles. The molecular weight excluding hydrogens is 420 g/mol. The molecule has 0 aliphatic heterocycles. The van der Waals surface area contributed by atoms with Crippen molar-refractivity contribution in [2.45, 2.75) is 13.8 Å². The van der Waals surface area contributed by atoms with E-state index in [1.165, 1.54) is 31.3 Å². The number of nitrogens with one attached hydrogen (secondary N) is 2. The van der Waals surface area contributed by atoms with Crippen LogP contribution < -0.4 is 15.4 Å². The zero-order chi connectivity index (χ0) is 23.5. The van der Waals surface area contributed by atoms with Gasteiger partial charge in [0, 0.05) is 15.9 Å². The van der Waals surface area contributed by atoms with Crippen LogP contribution in [0.1, 0.15) is 16.7 Å². The van der Waals surface area contributed by atoms with Gasteiger partial charge in [0.05, 0.1) is 14.2 Å². The molecule has 0 saturated heterocycles. The Morgan fingerprint density at radius 2 is 1.56 bits per heavy atom. The third-order valence-corrected chi connectivity index (χ3v) is 4.04. The number of rotatable bonds is 7. The number of pyridine rings is 1. The van der Waals surface area contributed by atoms with Crippen LogP contribution in [0.3, 0.4) is 0 Å². The third kappa shape index (κ3) is 6.65. The van der Waals surface area contributed by atoms with Gasteiger partial charge in [0.1, 0.15) is 17.2 Å². The van der Waals surface area contributed by atoms with Gasteiger partial charge in [-0.2, -0.15) is 0 Å². The molecule has 32 heavy (non-hydrogen) atoms. The molecule has 12 heteroatoms. The Labute approximate surface area is 187 Å². The van der Waals surface area contributed by atoms with E-state index in [-0.39, 0.29) is 31.6 Å². The number of anilines is 2. The first-order chi connectivity index (χ1) is 15.4. The van der Waals surface area contributed by atoms with Crippen molar-refractivity contribution in [1.29, 1.82) is 0 Å². The predicted octanol–water partition coefficient (Wildman–Crippen LogP) is 5.19. The number of azo groups is 1. The molecule has 1 heterocycles. The smallest absolute Gasteiger partial charge is 0.415 e. The van der Waals surface area contributed by atoms with E-state index in [9.17, 15) is 14.4 Å². The molecule has 0 spiro atoms. The summed E-state index contributed by atoms with van der Waals surface area (Å²) in [6.45, 7) is 4.69. The number of aromatic nitrogens is 1. The maximum atomic E-state index is 12.3. The van der Waals surface area contributed by atoms with Gasteiger partial charge in [0.15, 0.2) is 11.6 Å². The first kappa shape index (κ1) is 24.1. The van der Waals surface area contributed by atoms with Crippen molar-refractivity contribution >= 4 is 41.3 Å². The molecule has 0 fully saturated rings. The first-order valence-electron chi connectivity index (χ1n) is 9.60. The van der Waals surface area contributed by atoms with Gasteiger partial charge in [-0.1, -0.05) is 12.1 Å². The summed E-state index contributed by atoms with van der Waals surface area (Å²) in [4.78, 5) is 41.0. The van der Waals surface area contributed by atoms with Gasteiger partial charge < -0.3 is 19.1 Å². The summed E-state index contributed by atoms with van der Waals surface area (Å²) in [6, 6.07) is 9.52. The molecule has 2 N–H and O–H groups in total. The first-order valence-corrected chi connectivity index (χ1v) is 9.60. The van der Waals surface area contributed by atoms with Gasteiger partial charge in [0.2, 0.25) is 0 Å². The number of hydrogen-bond acceptors (Lipinski definition) is 9. The number of hydrogen-bond donors (Lipinski definition) is 2. The molecule has 0 bridgehead atoms. The number of carbonyl (C=O) groups excluding carboxylic acids is 3. The highest BCUT2D eigenvalue weighted by Crippen LogP contribution is 2.32. The molecule has 12 nitrogen and oxygen atoms in total. The molecule has 2 aromatic rings. The number of methoxy groups -OCH3 is 2. The summed E-state index contributed by atoms with van der Waals surface area (Å²) >= 11 is 0. The maximum Gasteiger partial charge on any atom is 0.415 e. The molecule has 0 unspecified atom stereocenters. The van der Waals surface area contributed by atoms with Crippen molar-refractivity contribution < 1.29 is 31.4 Å². The van der Waals surface area contributed by atoms with E-state index in [1.807, 2.05) is 13.8 Å². The molecule has 174 valence electrons. The molecule has 1 aromatic carbocycles. The zero-order valence-corrected chi connectivity index (χ0v) is 18.1. The predicted molar refractivity (Wildman–Crippen MR) is 120 cm³/mol. The Morgan fingerprint density at radius 1 is 0.938 bits per heavy atom. The van der Waals surface area contributed by atoms with Gasteiger partial charge in [-0.15, -0.1) is 10.2 Å². The lowest BCUT2D eigenvalue weighted by Gasteiger charge is -2.18. The highest BCUT2D eigenvalue weighted by molar-refractivity contribution is 5.89. The second kappa shape index (κ2) is 11.8. The summed E-state index contributed by atoms with van der Waals surface area (Å²) in [5.41, 5.74) is 0.449. The number of ether oxygens (including phenoxy) is 3. The van der Waals surface area contributed by atoms with E-state index < -0.39 is 18.3 Å². The SMILES string of the molecule is CCN(CC)C(=O)Oc1ccccc1N=Nc1ccc(NC(=O)OC)nc1NC(=O)OC.[HH].[HH]. The van der Waals surface area contributed by atoms with Crippen molar-refractivity contribution in [2.24, 2.45) is 10.2 Å². The summed E-state index contributed by atoms with van der Waals surface area (Å²) in [6.07, 6.45) is -2.04. The fraction of sp³-hybridized carbons (Fsp3) is 0.300. The van der Waals surface area contributed by atoms with Crippen LogP contribution in [-0.4, -0.2) is 55.5 Å². The van der Waals surface area contributed by atoms with Crippen LogP contribution in [0.2, 0.25) is 0 Å². The second-order valence-corrected chi connectivity index (χ2v) is 6.01. The summed E-state index contributed by atoms with van der Waals surface area (Å²) in [5, 5.41) is 13.0. The van der Waals surface area contributed by atoms with E-state index in [0.717, 1.165) is 0 Å². The quantitative estimate of drug-likeness (QED) is 0.555. The molecule has 0 aliphatic carbocycles. The fourth-order valence-electron chi connectivity index (χ4n) is 2.37. The molecule has 0 aliphatic rings. The van der Waals surface area contributed by atoms with Crippen LogP contribution in [0.15, 0.2) is 46.6 Å². The lowest BCUT2D eigenvalue weighted by Crippen LogP contribution is -2.33. The van der Waals surface area contributed by atoms with Crippen molar-refractivity contribution in [3.8, 4) is 5.75 Å². The van der Waals surface area contributed by atoms with E-state index in [2.05, 4.69) is 35.3 Å². The van der Waals surface area contributed by atoms with E-state index >= 15 is 0 Å². The molecule has 2 rings (SSSR count). The van der Waals surface area contributed by atoms with Crippen molar-refractivity contribution in [2.75, 3.05) is 37.9 Å². The Balaban J connectivity index is 0.00000544. The zero-order valence-electron chi connectivity index (χ0n) is 18.1. The van der Waals surface area contributed by atoms with Gasteiger partial charge in [0.25, 0.3) is 0 Å². The number of benzene rings is 1. The number of carbonyl (C=O) groups is 3. The van der Waals surface area contributed by atoms with E-state index in [0.29, 0.717) is 13.1 Å². The van der Waals surface area contributed by atoms with Crippen molar-refractivity contribution in [1.82, 2.24) is 9.88 Å². The Hall–Kier alpha value is -4.22. The Kier molecular flexibility index (Phi) is 8.90. The number of para-hydroxylation sites is 1. The summed E-state index contributed by atoms with van der Waals surface area (Å²) in [7, 11) is 2.39. The normalized spacial score (nSPS) is 10.4. The van der Waals surface area contributed by atoms with Crippen LogP contribution in [0.25, 0.3) is 0 Å². The summed E-state index contributed by atoms with van der Waals surface area (Å²) < 4.78 is 14.5. The largest absolute Gasteiger partial charge is 0.453 e. The van der Waals surface area contributed by atoms with Crippen LogP contribution in [0.4, 0.5) is 37.4 Å². The molecule has 3 amide bonds. The average Bonchev–Trinajstić information content (AvgIpc) is 2.80. The standard InChI is InChI=1S/C20H24N6O6.2H2/c1-5-26(6-2)20(29)32-15-10-8-7-9-13(15)24-25-14-11-12-16(22-18(27)30-3)21-17(14)23-19(28)31-4;;/h7-12H,5-6H2,1-4H3,(H2,21,22,23,27,28);2*1H. The maximum absolute atomic E-state index is 12.3. The topological polar surface area (TPSA) is 144 Å². The van der Waals surface area contributed by atoms with Gasteiger partial charge in [-0.05, 0) is 38.1 Å². The van der Waals surface area contributed by atoms with Crippen LogP contribution >= 0.6 is 0 Å². The monoisotopic (exact) mass is 448 g/mol.